The zero-order valence-electron chi connectivity index (χ0n) is 22.8. The number of fused-ring (bicyclic) bond motifs is 3. The molecular weight excluding hydrogens is 516 g/mol. The largest absolute Gasteiger partial charge is 0.492 e. The molecule has 0 saturated carbocycles. The van der Waals surface area contributed by atoms with E-state index in [1.807, 2.05) is 25.1 Å². The van der Waals surface area contributed by atoms with Crippen LogP contribution in [0.4, 0.5) is 0 Å². The van der Waals surface area contributed by atoms with Crippen LogP contribution in [-0.4, -0.2) is 70.1 Å². The van der Waals surface area contributed by atoms with Gasteiger partial charge in [-0.05, 0) is 74.6 Å². The second-order valence-electron chi connectivity index (χ2n) is 8.89. The first-order chi connectivity index (χ1) is 19.0. The maximum atomic E-state index is 9.40. The van der Waals surface area contributed by atoms with Gasteiger partial charge in [-0.2, -0.15) is 0 Å². The number of H-pyrrole nitrogens is 1. The van der Waals surface area contributed by atoms with Gasteiger partial charge in [0.1, 0.15) is 19.0 Å². The summed E-state index contributed by atoms with van der Waals surface area (Å²) in [6.45, 7) is 8.93. The van der Waals surface area contributed by atoms with Crippen molar-refractivity contribution in [3.8, 4) is 5.75 Å². The van der Waals surface area contributed by atoms with Gasteiger partial charge in [-0.1, -0.05) is 29.8 Å². The van der Waals surface area contributed by atoms with E-state index >= 15 is 0 Å². The number of methoxy groups -OCH3 is 1. The number of benzene rings is 2. The SMILES string of the molecule is C=N/C=C\C(=C/C)NCCOc1ccc(C2c3[nH]c4ccc(Cl)cc4c3CCN2C)cc1.COCCOC=O. The highest BCUT2D eigenvalue weighted by Crippen LogP contribution is 2.38. The highest BCUT2D eigenvalue weighted by Gasteiger charge is 2.29. The van der Waals surface area contributed by atoms with Crippen molar-refractivity contribution in [1.29, 1.82) is 0 Å². The lowest BCUT2D eigenvalue weighted by Gasteiger charge is -2.33. The molecule has 3 aromatic rings. The number of likely N-dealkylation sites (N-methyl/N-ethyl adjacent to an activating group) is 1. The van der Waals surface area contributed by atoms with Crippen LogP contribution < -0.4 is 10.1 Å². The molecule has 0 aliphatic carbocycles. The highest BCUT2D eigenvalue weighted by atomic mass is 35.5. The van der Waals surface area contributed by atoms with Gasteiger partial charge >= 0.3 is 0 Å². The fourth-order valence-corrected chi connectivity index (χ4v) is 4.65. The Morgan fingerprint density at radius 1 is 1.23 bits per heavy atom. The Morgan fingerprint density at radius 2 is 2.03 bits per heavy atom. The number of aromatic amines is 1. The Morgan fingerprint density at radius 3 is 2.72 bits per heavy atom. The van der Waals surface area contributed by atoms with E-state index in [-0.39, 0.29) is 6.04 Å². The van der Waals surface area contributed by atoms with E-state index in [1.54, 1.807) is 13.3 Å². The number of rotatable bonds is 12. The second-order valence-corrected chi connectivity index (χ2v) is 9.32. The van der Waals surface area contributed by atoms with Crippen LogP contribution in [0.2, 0.25) is 5.02 Å². The molecule has 0 saturated heterocycles. The number of hydrogen-bond acceptors (Lipinski definition) is 7. The van der Waals surface area contributed by atoms with Crippen molar-refractivity contribution in [2.45, 2.75) is 19.4 Å². The van der Waals surface area contributed by atoms with Crippen molar-refractivity contribution in [2.75, 3.05) is 47.1 Å². The van der Waals surface area contributed by atoms with Crippen LogP contribution in [0.25, 0.3) is 10.9 Å². The van der Waals surface area contributed by atoms with E-state index < -0.39 is 0 Å². The van der Waals surface area contributed by atoms with Gasteiger partial charge in [-0.15, -0.1) is 0 Å². The molecule has 1 aliphatic rings. The third-order valence-electron chi connectivity index (χ3n) is 6.37. The highest BCUT2D eigenvalue weighted by molar-refractivity contribution is 6.31. The molecule has 0 bridgehead atoms. The van der Waals surface area contributed by atoms with Crippen molar-refractivity contribution in [2.24, 2.45) is 4.99 Å². The molecule has 208 valence electrons. The lowest BCUT2D eigenvalue weighted by atomic mass is 9.93. The van der Waals surface area contributed by atoms with Crippen molar-refractivity contribution in [1.82, 2.24) is 15.2 Å². The van der Waals surface area contributed by atoms with Crippen molar-refractivity contribution in [3.05, 3.63) is 88.4 Å². The number of carbonyl (C=O) groups excluding carboxylic acids is 1. The molecule has 1 aromatic heterocycles. The van der Waals surface area contributed by atoms with Crippen LogP contribution >= 0.6 is 11.6 Å². The van der Waals surface area contributed by atoms with Gasteiger partial charge in [0.15, 0.2) is 0 Å². The number of aliphatic imine (C=N–C) groups is 1. The number of carbonyl (C=O) groups is 1. The summed E-state index contributed by atoms with van der Waals surface area (Å²) < 4.78 is 14.7. The van der Waals surface area contributed by atoms with E-state index in [9.17, 15) is 4.79 Å². The van der Waals surface area contributed by atoms with Gasteiger partial charge in [-0.3, -0.25) is 14.7 Å². The number of nitrogens with zero attached hydrogens (tertiary/aromatic N) is 2. The molecule has 0 fully saturated rings. The van der Waals surface area contributed by atoms with E-state index in [0.29, 0.717) is 32.8 Å². The van der Waals surface area contributed by atoms with Gasteiger partial charge in [0.05, 0.1) is 12.6 Å². The van der Waals surface area contributed by atoms with E-state index in [4.69, 9.17) is 16.3 Å². The Balaban J connectivity index is 0.000000532. The Kier molecular flexibility index (Phi) is 12.1. The van der Waals surface area contributed by atoms with Crippen molar-refractivity contribution >= 4 is 35.7 Å². The van der Waals surface area contributed by atoms with Crippen LogP contribution in [-0.2, 0) is 20.7 Å². The van der Waals surface area contributed by atoms with Gasteiger partial charge in [0.2, 0.25) is 0 Å². The maximum Gasteiger partial charge on any atom is 0.293 e. The molecule has 1 aliphatic heterocycles. The smallest absolute Gasteiger partial charge is 0.293 e. The van der Waals surface area contributed by atoms with Crippen LogP contribution in [0.3, 0.4) is 0 Å². The average Bonchev–Trinajstić information content (AvgIpc) is 3.31. The molecule has 39 heavy (non-hydrogen) atoms. The summed E-state index contributed by atoms with van der Waals surface area (Å²) >= 11 is 6.26. The third kappa shape index (κ3) is 8.45. The van der Waals surface area contributed by atoms with Crippen LogP contribution in [0, 0.1) is 0 Å². The minimum atomic E-state index is 0.183. The molecule has 9 heteroatoms. The fourth-order valence-electron chi connectivity index (χ4n) is 4.48. The number of aromatic nitrogens is 1. The van der Waals surface area contributed by atoms with Gasteiger partial charge in [-0.25, -0.2) is 0 Å². The number of allylic oxidation sites excluding steroid dienone is 2. The lowest BCUT2D eigenvalue weighted by Crippen LogP contribution is -2.32. The minimum absolute atomic E-state index is 0.183. The predicted molar refractivity (Wildman–Crippen MR) is 158 cm³/mol. The van der Waals surface area contributed by atoms with Crippen molar-refractivity contribution < 1.29 is 19.0 Å². The molecule has 8 nitrogen and oxygen atoms in total. The normalized spacial score (nSPS) is 15.4. The molecule has 0 amide bonds. The topological polar surface area (TPSA) is 88.2 Å². The Labute approximate surface area is 235 Å². The molecule has 2 aromatic carbocycles. The summed E-state index contributed by atoms with van der Waals surface area (Å²) in [6, 6.07) is 14.7. The Bertz CT molecular complexity index is 1270. The summed E-state index contributed by atoms with van der Waals surface area (Å²) in [5, 5.41) is 5.32. The number of nitrogens with one attached hydrogen (secondary N) is 2. The molecule has 0 radical (unpaired) electrons. The first-order valence-electron chi connectivity index (χ1n) is 12.8. The molecule has 1 unspecified atom stereocenters. The molecule has 1 atom stereocenters. The van der Waals surface area contributed by atoms with Crippen molar-refractivity contribution in [3.63, 3.8) is 0 Å². The van der Waals surface area contributed by atoms with E-state index in [2.05, 4.69) is 79.8 Å². The summed E-state index contributed by atoms with van der Waals surface area (Å²) in [5.74, 6) is 0.864. The summed E-state index contributed by atoms with van der Waals surface area (Å²) in [7, 11) is 3.73. The predicted octanol–water partition coefficient (Wildman–Crippen LogP) is 5.29. The van der Waals surface area contributed by atoms with Crippen LogP contribution in [0.5, 0.6) is 5.75 Å². The quantitative estimate of drug-likeness (QED) is 0.137. The van der Waals surface area contributed by atoms with E-state index in [1.165, 1.54) is 22.2 Å². The number of halogens is 1. The van der Waals surface area contributed by atoms with Crippen LogP contribution in [0.1, 0.15) is 29.8 Å². The van der Waals surface area contributed by atoms with Gasteiger partial charge in [0, 0.05) is 53.7 Å². The zero-order valence-corrected chi connectivity index (χ0v) is 23.5. The molecule has 4 rings (SSSR count). The maximum absolute atomic E-state index is 9.40. The molecular formula is C30H37ClN4O4. The lowest BCUT2D eigenvalue weighted by molar-refractivity contribution is -0.129. The second kappa shape index (κ2) is 15.7. The minimum Gasteiger partial charge on any atom is -0.492 e. The van der Waals surface area contributed by atoms with Gasteiger partial charge < -0.3 is 24.5 Å². The van der Waals surface area contributed by atoms with Gasteiger partial charge in [0.25, 0.3) is 6.47 Å². The standard InChI is InChI=1S/C26H29ClN4O.C4H8O3/c1-4-20(11-13-28-2)29-14-16-32-21-8-5-18(6-9-21)26-25-22(12-15-31(26)3)23-17-19(27)7-10-24(23)30-25;1-6-2-3-7-4-5/h4-11,13,17,26,29-30H,2,12,14-16H2,1,3H3;4H,2-3H2,1H3/b13-11-,20-4+;. The number of ether oxygens (including phenoxy) is 3. The zero-order chi connectivity index (χ0) is 28.0. The summed E-state index contributed by atoms with van der Waals surface area (Å²) in [5.41, 5.74) is 6.01. The molecule has 2 heterocycles. The van der Waals surface area contributed by atoms with Crippen LogP contribution in [0.15, 0.2) is 71.5 Å². The first-order valence-corrected chi connectivity index (χ1v) is 13.2. The summed E-state index contributed by atoms with van der Waals surface area (Å²) in [4.78, 5) is 19.2. The first kappa shape index (κ1) is 30.0. The Hall–Kier alpha value is -3.59. The monoisotopic (exact) mass is 552 g/mol. The third-order valence-corrected chi connectivity index (χ3v) is 6.60. The van der Waals surface area contributed by atoms with E-state index in [0.717, 1.165) is 35.0 Å². The molecule has 2 N–H and O–H groups in total. The molecule has 0 spiro atoms. The number of hydrogen-bond donors (Lipinski definition) is 2. The average molecular weight is 553 g/mol. The fraction of sp³-hybridized carbons (Fsp3) is 0.333. The summed E-state index contributed by atoms with van der Waals surface area (Å²) in [6.07, 6.45) is 6.55.